The Hall–Kier alpha value is -2.72. The lowest BCUT2D eigenvalue weighted by molar-refractivity contribution is 0.313. The summed E-state index contributed by atoms with van der Waals surface area (Å²) in [5.74, 6) is 0. The molecule has 1 fully saturated rings. The molecule has 4 nitrogen and oxygen atoms in total. The number of anilines is 3. The van der Waals surface area contributed by atoms with Crippen molar-refractivity contribution in [3.63, 3.8) is 0 Å². The maximum atomic E-state index is 2.51. The minimum Gasteiger partial charge on any atom is -0.372 e. The van der Waals surface area contributed by atoms with E-state index in [0.717, 1.165) is 39.3 Å². The normalized spacial score (nSPS) is 19.2. The molecule has 4 heteroatoms. The van der Waals surface area contributed by atoms with Gasteiger partial charge in [0.15, 0.2) is 0 Å². The molecule has 2 aliphatic rings. The van der Waals surface area contributed by atoms with Crippen molar-refractivity contribution in [2.75, 3.05) is 68.1 Å². The predicted octanol–water partition coefficient (Wildman–Crippen LogP) is 4.83. The van der Waals surface area contributed by atoms with Gasteiger partial charge in [-0.2, -0.15) is 0 Å². The topological polar surface area (TPSA) is 13.0 Å². The van der Waals surface area contributed by atoms with Gasteiger partial charge in [-0.15, -0.1) is 0 Å². The number of fused-ring (bicyclic) bond motifs is 1. The summed E-state index contributed by atoms with van der Waals surface area (Å²) in [7, 11) is 4.41. The van der Waals surface area contributed by atoms with Gasteiger partial charge in [0, 0.05) is 63.4 Å². The zero-order valence-electron chi connectivity index (χ0n) is 19.5. The van der Waals surface area contributed by atoms with Crippen LogP contribution in [0.3, 0.4) is 0 Å². The number of likely N-dealkylation sites (N-methyl/N-ethyl adjacent to an activating group) is 2. The zero-order chi connectivity index (χ0) is 21.8. The van der Waals surface area contributed by atoms with E-state index in [0.29, 0.717) is 0 Å². The van der Waals surface area contributed by atoms with Gasteiger partial charge in [0.05, 0.1) is 6.04 Å². The molecular formula is C27H36N4. The van der Waals surface area contributed by atoms with E-state index in [1.807, 2.05) is 0 Å². The Balaban J connectivity index is 1.47. The highest BCUT2D eigenvalue weighted by Gasteiger charge is 2.20. The first-order chi connectivity index (χ1) is 15.1. The van der Waals surface area contributed by atoms with Gasteiger partial charge in [0.25, 0.3) is 0 Å². The molecule has 2 aliphatic heterocycles. The Kier molecular flexibility index (Phi) is 6.67. The molecule has 0 radical (unpaired) electrons. The fourth-order valence-electron chi connectivity index (χ4n) is 4.52. The minimum atomic E-state index is 0.262. The molecule has 0 amide bonds. The number of hydrogen-bond donors (Lipinski definition) is 0. The van der Waals surface area contributed by atoms with Crippen molar-refractivity contribution in [3.05, 3.63) is 65.7 Å². The molecule has 164 valence electrons. The molecule has 2 heterocycles. The fraction of sp³-hybridized carbons (Fsp3) is 0.407. The molecule has 0 aliphatic carbocycles. The van der Waals surface area contributed by atoms with Crippen LogP contribution in [0.1, 0.15) is 25.0 Å². The maximum absolute atomic E-state index is 2.51. The van der Waals surface area contributed by atoms with E-state index in [1.54, 1.807) is 0 Å². The standard InChI is InChI=1S/C27H36N4/c1-5-30(6-2)25-13-8-22(9-14-25)7-12-24-15-10-23-11-16-26(21-27(23)29(24)4)31-19-17-28(3)18-20-31/h7-16,21,24H,5-6,17-20H2,1-4H3. The van der Waals surface area contributed by atoms with Gasteiger partial charge in [-0.1, -0.05) is 42.5 Å². The summed E-state index contributed by atoms with van der Waals surface area (Å²) in [6.45, 7) is 10.9. The molecule has 1 atom stereocenters. The van der Waals surface area contributed by atoms with Crippen LogP contribution < -0.4 is 14.7 Å². The summed E-state index contributed by atoms with van der Waals surface area (Å²) in [6.07, 6.45) is 9.10. The summed E-state index contributed by atoms with van der Waals surface area (Å²) in [6, 6.07) is 16.1. The fourth-order valence-corrected chi connectivity index (χ4v) is 4.52. The summed E-state index contributed by atoms with van der Waals surface area (Å²) >= 11 is 0. The first-order valence-electron chi connectivity index (χ1n) is 11.6. The van der Waals surface area contributed by atoms with Crippen molar-refractivity contribution >= 4 is 29.2 Å². The van der Waals surface area contributed by atoms with E-state index in [1.165, 1.54) is 28.2 Å². The third-order valence-electron chi connectivity index (χ3n) is 6.69. The summed E-state index contributed by atoms with van der Waals surface area (Å²) in [5, 5.41) is 0. The smallest absolute Gasteiger partial charge is 0.0660 e. The Morgan fingerprint density at radius 2 is 1.65 bits per heavy atom. The zero-order valence-corrected chi connectivity index (χ0v) is 19.5. The largest absolute Gasteiger partial charge is 0.372 e. The van der Waals surface area contributed by atoms with Gasteiger partial charge >= 0.3 is 0 Å². The highest BCUT2D eigenvalue weighted by atomic mass is 15.2. The van der Waals surface area contributed by atoms with Crippen LogP contribution in [-0.4, -0.2) is 64.3 Å². The highest BCUT2D eigenvalue weighted by Crippen LogP contribution is 2.33. The van der Waals surface area contributed by atoms with E-state index in [2.05, 4.69) is 114 Å². The number of hydrogen-bond acceptors (Lipinski definition) is 4. The summed E-state index contributed by atoms with van der Waals surface area (Å²) in [5.41, 5.74) is 6.49. The summed E-state index contributed by atoms with van der Waals surface area (Å²) < 4.78 is 0. The number of nitrogens with zero attached hydrogens (tertiary/aromatic N) is 4. The predicted molar refractivity (Wildman–Crippen MR) is 136 cm³/mol. The van der Waals surface area contributed by atoms with E-state index in [-0.39, 0.29) is 6.04 Å². The number of rotatable bonds is 6. The van der Waals surface area contributed by atoms with Gasteiger partial charge in [0.1, 0.15) is 0 Å². The molecule has 1 saturated heterocycles. The minimum absolute atomic E-state index is 0.262. The SMILES string of the molecule is CCN(CC)c1ccc(C=CC2C=Cc3ccc(N4CCN(C)CC4)cc3N2C)cc1. The number of benzene rings is 2. The Morgan fingerprint density at radius 3 is 2.32 bits per heavy atom. The lowest BCUT2D eigenvalue weighted by atomic mass is 10.0. The van der Waals surface area contributed by atoms with Crippen molar-refractivity contribution < 1.29 is 0 Å². The highest BCUT2D eigenvalue weighted by molar-refractivity contribution is 5.77. The molecule has 2 aromatic carbocycles. The molecule has 2 aromatic rings. The number of piperazine rings is 1. The van der Waals surface area contributed by atoms with Crippen molar-refractivity contribution in [1.82, 2.24) is 4.90 Å². The van der Waals surface area contributed by atoms with E-state index < -0.39 is 0 Å². The molecule has 31 heavy (non-hydrogen) atoms. The molecule has 0 aromatic heterocycles. The molecule has 0 spiro atoms. The van der Waals surface area contributed by atoms with E-state index in [9.17, 15) is 0 Å². The first kappa shape index (κ1) is 21.5. The summed E-state index contributed by atoms with van der Waals surface area (Å²) in [4.78, 5) is 9.67. The third kappa shape index (κ3) is 4.80. The maximum Gasteiger partial charge on any atom is 0.0660 e. The average Bonchev–Trinajstić information content (AvgIpc) is 2.81. The Labute approximate surface area is 188 Å². The van der Waals surface area contributed by atoms with Crippen LogP contribution in [0.4, 0.5) is 17.1 Å². The third-order valence-corrected chi connectivity index (χ3v) is 6.69. The van der Waals surface area contributed by atoms with Gasteiger partial charge in [0.2, 0.25) is 0 Å². The van der Waals surface area contributed by atoms with Crippen molar-refractivity contribution in [1.29, 1.82) is 0 Å². The molecule has 0 bridgehead atoms. The van der Waals surface area contributed by atoms with Crippen LogP contribution in [0.25, 0.3) is 12.2 Å². The second kappa shape index (κ2) is 9.61. The van der Waals surface area contributed by atoms with Crippen LogP contribution in [-0.2, 0) is 0 Å². The van der Waals surface area contributed by atoms with Gasteiger partial charge in [-0.25, -0.2) is 0 Å². The quantitative estimate of drug-likeness (QED) is 0.669. The first-order valence-corrected chi connectivity index (χ1v) is 11.6. The van der Waals surface area contributed by atoms with Gasteiger partial charge < -0.3 is 19.6 Å². The second-order valence-corrected chi connectivity index (χ2v) is 8.62. The lowest BCUT2D eigenvalue weighted by Gasteiger charge is -2.36. The molecule has 0 N–H and O–H groups in total. The van der Waals surface area contributed by atoms with Crippen molar-refractivity contribution in [3.8, 4) is 0 Å². The monoisotopic (exact) mass is 416 g/mol. The molecule has 4 rings (SSSR count). The second-order valence-electron chi connectivity index (χ2n) is 8.62. The van der Waals surface area contributed by atoms with Crippen molar-refractivity contribution in [2.24, 2.45) is 0 Å². The molecular weight excluding hydrogens is 380 g/mol. The van der Waals surface area contributed by atoms with Gasteiger partial charge in [-0.3, -0.25) is 0 Å². The van der Waals surface area contributed by atoms with Crippen LogP contribution in [0.15, 0.2) is 54.6 Å². The molecule has 1 unspecified atom stereocenters. The van der Waals surface area contributed by atoms with E-state index in [4.69, 9.17) is 0 Å². The van der Waals surface area contributed by atoms with Crippen molar-refractivity contribution in [2.45, 2.75) is 19.9 Å². The van der Waals surface area contributed by atoms with E-state index >= 15 is 0 Å². The van der Waals surface area contributed by atoms with Crippen LogP contribution in [0, 0.1) is 0 Å². The van der Waals surface area contributed by atoms with Crippen LogP contribution in [0.5, 0.6) is 0 Å². The molecule has 0 saturated carbocycles. The van der Waals surface area contributed by atoms with Gasteiger partial charge in [-0.05, 0) is 56.3 Å². The van der Waals surface area contributed by atoms with Crippen LogP contribution in [0.2, 0.25) is 0 Å². The Bertz CT molecular complexity index is 919. The van der Waals surface area contributed by atoms with Crippen LogP contribution >= 0.6 is 0 Å². The average molecular weight is 417 g/mol. The Morgan fingerprint density at radius 1 is 0.935 bits per heavy atom. The lowest BCUT2D eigenvalue weighted by Crippen LogP contribution is -2.44.